The van der Waals surface area contributed by atoms with Crippen LogP contribution in [0.2, 0.25) is 0 Å². The van der Waals surface area contributed by atoms with Crippen molar-refractivity contribution >= 4 is 28.5 Å². The van der Waals surface area contributed by atoms with Crippen LogP contribution in [0.25, 0.3) is 0 Å². The molecule has 0 aliphatic carbocycles. The standard InChI is InChI=1S/C17H15F3INO2/c18-17(19,20)11-24-10-13-6-4-12(5-7-13)9-22-16(23)14-2-1-3-15(21)8-14/h1-8H,9-11H2,(H,22,23). The zero-order valence-electron chi connectivity index (χ0n) is 12.6. The molecule has 0 unspecified atom stereocenters. The molecule has 2 rings (SSSR count). The predicted octanol–water partition coefficient (Wildman–Crippen LogP) is 4.30. The maximum atomic E-state index is 12.0. The van der Waals surface area contributed by atoms with E-state index < -0.39 is 12.8 Å². The minimum Gasteiger partial charge on any atom is -0.367 e. The van der Waals surface area contributed by atoms with E-state index in [1.54, 1.807) is 36.4 Å². The van der Waals surface area contributed by atoms with Crippen LogP contribution in [0.4, 0.5) is 13.2 Å². The van der Waals surface area contributed by atoms with Crippen molar-refractivity contribution in [1.82, 2.24) is 5.32 Å². The van der Waals surface area contributed by atoms with Gasteiger partial charge in [-0.3, -0.25) is 4.79 Å². The summed E-state index contributed by atoms with van der Waals surface area (Å²) in [6, 6.07) is 14.1. The Kier molecular flexibility index (Phi) is 6.61. The van der Waals surface area contributed by atoms with Gasteiger partial charge in [0.25, 0.3) is 5.91 Å². The predicted molar refractivity (Wildman–Crippen MR) is 92.5 cm³/mol. The van der Waals surface area contributed by atoms with Crippen LogP contribution in [0.1, 0.15) is 21.5 Å². The number of hydrogen-bond acceptors (Lipinski definition) is 2. The van der Waals surface area contributed by atoms with Gasteiger partial charge in [-0.25, -0.2) is 0 Å². The summed E-state index contributed by atoms with van der Waals surface area (Å²) in [4.78, 5) is 12.0. The summed E-state index contributed by atoms with van der Waals surface area (Å²) >= 11 is 2.14. The van der Waals surface area contributed by atoms with Gasteiger partial charge in [-0.2, -0.15) is 13.2 Å². The average Bonchev–Trinajstić information content (AvgIpc) is 2.52. The van der Waals surface area contributed by atoms with Gasteiger partial charge >= 0.3 is 6.18 Å². The highest BCUT2D eigenvalue weighted by atomic mass is 127. The molecule has 2 aromatic rings. The summed E-state index contributed by atoms with van der Waals surface area (Å²) in [5.41, 5.74) is 2.08. The normalized spacial score (nSPS) is 11.3. The molecule has 3 nitrogen and oxygen atoms in total. The fourth-order valence-corrected chi connectivity index (χ4v) is 2.50. The van der Waals surface area contributed by atoms with E-state index in [1.807, 2.05) is 12.1 Å². The molecular formula is C17H15F3INO2. The fraction of sp³-hybridized carbons (Fsp3) is 0.235. The van der Waals surface area contributed by atoms with Crippen LogP contribution >= 0.6 is 22.6 Å². The number of nitrogens with one attached hydrogen (secondary N) is 1. The summed E-state index contributed by atoms with van der Waals surface area (Å²) in [5.74, 6) is -0.175. The van der Waals surface area contributed by atoms with Crippen molar-refractivity contribution in [3.8, 4) is 0 Å². The van der Waals surface area contributed by atoms with Crippen molar-refractivity contribution in [1.29, 1.82) is 0 Å². The molecule has 0 heterocycles. The van der Waals surface area contributed by atoms with Gasteiger partial charge in [0.05, 0.1) is 6.61 Å². The second-order valence-electron chi connectivity index (χ2n) is 5.12. The average molecular weight is 449 g/mol. The molecule has 0 saturated carbocycles. The third-order valence-electron chi connectivity index (χ3n) is 3.10. The summed E-state index contributed by atoms with van der Waals surface area (Å²) in [5, 5.41) is 2.80. The Morgan fingerprint density at radius 2 is 1.75 bits per heavy atom. The first-order valence-electron chi connectivity index (χ1n) is 7.09. The first kappa shape index (κ1) is 18.7. The number of halogens is 4. The Balaban J connectivity index is 1.82. The molecule has 0 radical (unpaired) electrons. The number of amides is 1. The van der Waals surface area contributed by atoms with Gasteiger partial charge in [-0.05, 0) is 51.9 Å². The topological polar surface area (TPSA) is 38.3 Å². The zero-order valence-corrected chi connectivity index (χ0v) is 14.7. The third kappa shape index (κ3) is 6.48. The monoisotopic (exact) mass is 449 g/mol. The first-order valence-corrected chi connectivity index (χ1v) is 8.17. The number of carbonyl (C=O) groups excluding carboxylic acids is 1. The minimum absolute atomic E-state index is 0.103. The highest BCUT2D eigenvalue weighted by Gasteiger charge is 2.27. The van der Waals surface area contributed by atoms with Crippen molar-refractivity contribution in [3.05, 3.63) is 68.8 Å². The van der Waals surface area contributed by atoms with E-state index in [2.05, 4.69) is 32.6 Å². The molecule has 24 heavy (non-hydrogen) atoms. The molecule has 0 fully saturated rings. The molecule has 0 atom stereocenters. The van der Waals surface area contributed by atoms with Gasteiger partial charge < -0.3 is 10.1 Å². The molecule has 128 valence electrons. The first-order chi connectivity index (χ1) is 11.3. The maximum absolute atomic E-state index is 12.0. The Morgan fingerprint density at radius 3 is 2.38 bits per heavy atom. The molecule has 0 spiro atoms. The lowest BCUT2D eigenvalue weighted by Gasteiger charge is -2.09. The Labute approximate surface area is 151 Å². The van der Waals surface area contributed by atoms with E-state index in [9.17, 15) is 18.0 Å². The van der Waals surface area contributed by atoms with Gasteiger partial charge in [-0.15, -0.1) is 0 Å². The number of rotatable bonds is 6. The molecule has 1 N–H and O–H groups in total. The van der Waals surface area contributed by atoms with E-state index in [4.69, 9.17) is 0 Å². The maximum Gasteiger partial charge on any atom is 0.411 e. The fourth-order valence-electron chi connectivity index (χ4n) is 1.95. The Bertz CT molecular complexity index is 687. The minimum atomic E-state index is -4.32. The Hall–Kier alpha value is -1.61. The summed E-state index contributed by atoms with van der Waals surface area (Å²) in [7, 11) is 0. The van der Waals surface area contributed by atoms with E-state index in [-0.39, 0.29) is 12.5 Å². The van der Waals surface area contributed by atoms with Crippen molar-refractivity contribution in [3.63, 3.8) is 0 Å². The number of ether oxygens (including phenoxy) is 1. The van der Waals surface area contributed by atoms with Crippen molar-refractivity contribution in [2.45, 2.75) is 19.3 Å². The van der Waals surface area contributed by atoms with Crippen molar-refractivity contribution < 1.29 is 22.7 Å². The van der Waals surface area contributed by atoms with Crippen LogP contribution in [0.15, 0.2) is 48.5 Å². The van der Waals surface area contributed by atoms with E-state index in [0.717, 1.165) is 9.13 Å². The smallest absolute Gasteiger partial charge is 0.367 e. The molecule has 0 aliphatic heterocycles. The van der Waals surface area contributed by atoms with E-state index >= 15 is 0 Å². The summed E-state index contributed by atoms with van der Waals surface area (Å²) < 4.78 is 41.6. The Morgan fingerprint density at radius 1 is 1.08 bits per heavy atom. The lowest BCUT2D eigenvalue weighted by atomic mass is 10.1. The molecular weight excluding hydrogens is 434 g/mol. The lowest BCUT2D eigenvalue weighted by molar-refractivity contribution is -0.176. The highest BCUT2D eigenvalue weighted by molar-refractivity contribution is 14.1. The van der Waals surface area contributed by atoms with Gasteiger partial charge in [0.15, 0.2) is 0 Å². The number of carbonyl (C=O) groups is 1. The zero-order chi connectivity index (χ0) is 17.6. The van der Waals surface area contributed by atoms with E-state index in [1.165, 1.54) is 0 Å². The second kappa shape index (κ2) is 8.48. The van der Waals surface area contributed by atoms with Gasteiger partial charge in [0.2, 0.25) is 0 Å². The third-order valence-corrected chi connectivity index (χ3v) is 3.77. The van der Waals surface area contributed by atoms with Crippen LogP contribution in [0, 0.1) is 3.57 Å². The van der Waals surface area contributed by atoms with Crippen LogP contribution in [0.3, 0.4) is 0 Å². The van der Waals surface area contributed by atoms with Gasteiger partial charge in [0.1, 0.15) is 6.61 Å². The van der Waals surface area contributed by atoms with Gasteiger partial charge in [-0.1, -0.05) is 30.3 Å². The molecule has 0 aromatic heterocycles. The van der Waals surface area contributed by atoms with E-state index in [0.29, 0.717) is 17.7 Å². The largest absolute Gasteiger partial charge is 0.411 e. The summed E-state index contributed by atoms with van der Waals surface area (Å²) in [6.07, 6.45) is -4.32. The highest BCUT2D eigenvalue weighted by Crippen LogP contribution is 2.16. The van der Waals surface area contributed by atoms with Gasteiger partial charge in [0, 0.05) is 15.7 Å². The van der Waals surface area contributed by atoms with Crippen LogP contribution in [-0.2, 0) is 17.9 Å². The molecule has 0 saturated heterocycles. The molecule has 0 bridgehead atoms. The number of benzene rings is 2. The SMILES string of the molecule is O=C(NCc1ccc(COCC(F)(F)F)cc1)c1cccc(I)c1. The van der Waals surface area contributed by atoms with Crippen LogP contribution in [-0.4, -0.2) is 18.7 Å². The van der Waals surface area contributed by atoms with Crippen LogP contribution in [0.5, 0.6) is 0 Å². The molecule has 0 aliphatic rings. The summed E-state index contributed by atoms with van der Waals surface area (Å²) in [6.45, 7) is -1.02. The molecule has 2 aromatic carbocycles. The quantitative estimate of drug-likeness (QED) is 0.669. The number of alkyl halides is 3. The number of hydrogen-bond donors (Lipinski definition) is 1. The lowest BCUT2D eigenvalue weighted by Crippen LogP contribution is -2.22. The van der Waals surface area contributed by atoms with Crippen LogP contribution < -0.4 is 5.32 Å². The van der Waals surface area contributed by atoms with Crippen molar-refractivity contribution in [2.24, 2.45) is 0 Å². The van der Waals surface area contributed by atoms with Crippen molar-refractivity contribution in [2.75, 3.05) is 6.61 Å². The molecule has 1 amide bonds. The second-order valence-corrected chi connectivity index (χ2v) is 6.36. The molecule has 7 heteroatoms.